The summed E-state index contributed by atoms with van der Waals surface area (Å²) in [5.41, 5.74) is 2.72. The third-order valence-electron chi connectivity index (χ3n) is 6.83. The number of nitrogens with one attached hydrogen (secondary N) is 2. The van der Waals surface area contributed by atoms with E-state index in [1.165, 1.54) is 11.4 Å². The van der Waals surface area contributed by atoms with Crippen LogP contribution in [0.1, 0.15) is 45.4 Å². The number of anilines is 2. The van der Waals surface area contributed by atoms with Gasteiger partial charge in [-0.2, -0.15) is 0 Å². The van der Waals surface area contributed by atoms with E-state index in [2.05, 4.69) is 46.3 Å². The van der Waals surface area contributed by atoms with Gasteiger partial charge in [-0.15, -0.1) is 0 Å². The number of Topliss-reactive ketones (excluding diaryl/α,β-unsaturated/α-hetero) is 1. The number of ketones is 1. The zero-order valence-electron chi connectivity index (χ0n) is 17.9. The lowest BCUT2D eigenvalue weighted by Gasteiger charge is -2.40. The number of benzene rings is 1. The van der Waals surface area contributed by atoms with Crippen molar-refractivity contribution in [3.8, 4) is 0 Å². The van der Waals surface area contributed by atoms with Crippen molar-refractivity contribution in [1.29, 1.82) is 5.41 Å². The Morgan fingerprint density at radius 1 is 1.23 bits per heavy atom. The van der Waals surface area contributed by atoms with Gasteiger partial charge in [0.1, 0.15) is 0 Å². The van der Waals surface area contributed by atoms with E-state index in [4.69, 9.17) is 5.41 Å². The van der Waals surface area contributed by atoms with E-state index < -0.39 is 0 Å². The molecule has 0 saturated carbocycles. The van der Waals surface area contributed by atoms with Gasteiger partial charge in [0.05, 0.1) is 23.8 Å². The highest BCUT2D eigenvalue weighted by molar-refractivity contribution is 6.38. The van der Waals surface area contributed by atoms with Gasteiger partial charge in [0, 0.05) is 57.5 Å². The summed E-state index contributed by atoms with van der Waals surface area (Å²) in [5, 5.41) is 11.7. The van der Waals surface area contributed by atoms with Gasteiger partial charge in [-0.05, 0) is 38.3 Å². The summed E-state index contributed by atoms with van der Waals surface area (Å²) >= 11 is 0. The van der Waals surface area contributed by atoms with Crippen LogP contribution in [0.15, 0.2) is 24.3 Å². The van der Waals surface area contributed by atoms with Crippen LogP contribution in [0.4, 0.5) is 11.4 Å². The molecule has 0 bridgehead atoms. The summed E-state index contributed by atoms with van der Waals surface area (Å²) in [7, 11) is 0. The fourth-order valence-corrected chi connectivity index (χ4v) is 4.96. The van der Waals surface area contributed by atoms with E-state index in [0.717, 1.165) is 45.6 Å². The van der Waals surface area contributed by atoms with Crippen LogP contribution in [0.2, 0.25) is 0 Å². The quantitative estimate of drug-likeness (QED) is 0.643. The second-order valence-corrected chi connectivity index (χ2v) is 8.78. The van der Waals surface area contributed by atoms with Crippen molar-refractivity contribution < 1.29 is 9.59 Å². The molecule has 162 valence electrons. The number of likely N-dealkylation sites (tertiary alicyclic amines) is 2. The Hall–Kier alpha value is -2.41. The summed E-state index contributed by atoms with van der Waals surface area (Å²) in [4.78, 5) is 30.7. The maximum Gasteiger partial charge on any atom is 0.222 e. The largest absolute Gasteiger partial charge is 0.366 e. The molecule has 1 aromatic rings. The third-order valence-corrected chi connectivity index (χ3v) is 6.83. The van der Waals surface area contributed by atoms with Crippen molar-refractivity contribution >= 4 is 28.8 Å². The van der Waals surface area contributed by atoms with Crippen LogP contribution in [0.3, 0.4) is 0 Å². The molecule has 7 nitrogen and oxygen atoms in total. The van der Waals surface area contributed by atoms with Crippen molar-refractivity contribution in [2.24, 2.45) is 0 Å². The number of hydrogen-bond acceptors (Lipinski definition) is 6. The summed E-state index contributed by atoms with van der Waals surface area (Å²) in [6.07, 6.45) is 4.44. The molecule has 7 heteroatoms. The Labute approximate surface area is 178 Å². The second kappa shape index (κ2) is 9.16. The Balaban J connectivity index is 1.21. The van der Waals surface area contributed by atoms with Crippen LogP contribution < -0.4 is 10.2 Å². The Kier molecular flexibility index (Phi) is 6.37. The van der Waals surface area contributed by atoms with Crippen molar-refractivity contribution in [3.05, 3.63) is 24.3 Å². The third kappa shape index (κ3) is 4.51. The smallest absolute Gasteiger partial charge is 0.222 e. The van der Waals surface area contributed by atoms with Crippen LogP contribution in [-0.4, -0.2) is 72.1 Å². The summed E-state index contributed by atoms with van der Waals surface area (Å²) in [6, 6.07) is 9.21. The van der Waals surface area contributed by atoms with Crippen molar-refractivity contribution in [1.82, 2.24) is 9.80 Å². The first-order chi connectivity index (χ1) is 14.5. The molecule has 0 unspecified atom stereocenters. The van der Waals surface area contributed by atoms with E-state index in [1.54, 1.807) is 4.90 Å². The van der Waals surface area contributed by atoms with Crippen LogP contribution in [0.25, 0.3) is 0 Å². The molecule has 2 fully saturated rings. The molecule has 3 aliphatic rings. The van der Waals surface area contributed by atoms with Gasteiger partial charge >= 0.3 is 0 Å². The number of carbonyl (C=O) groups excluding carboxylic acids is 2. The summed E-state index contributed by atoms with van der Waals surface area (Å²) in [5.74, 6) is 0.0255. The Morgan fingerprint density at radius 3 is 2.73 bits per heavy atom. The molecule has 3 aliphatic heterocycles. The highest BCUT2D eigenvalue weighted by Crippen LogP contribution is 2.34. The first-order valence-electron chi connectivity index (χ1n) is 11.2. The maximum absolute atomic E-state index is 12.4. The molecular weight excluding hydrogens is 378 g/mol. The molecule has 0 aromatic heterocycles. The Morgan fingerprint density at radius 2 is 2.00 bits per heavy atom. The molecular formula is C23H33N5O2. The molecule has 1 amide bonds. The van der Waals surface area contributed by atoms with Gasteiger partial charge in [0.2, 0.25) is 5.91 Å². The van der Waals surface area contributed by atoms with Crippen LogP contribution in [0.5, 0.6) is 0 Å². The zero-order chi connectivity index (χ0) is 21.1. The molecule has 30 heavy (non-hydrogen) atoms. The average Bonchev–Trinajstić information content (AvgIpc) is 3.38. The lowest BCUT2D eigenvalue weighted by atomic mass is 9.98. The number of nitrogens with zero attached hydrogens (tertiary/aromatic N) is 3. The number of hydrogen-bond donors (Lipinski definition) is 2. The lowest BCUT2D eigenvalue weighted by Crippen LogP contribution is -2.48. The number of piperidine rings is 1. The molecule has 0 radical (unpaired) electrons. The highest BCUT2D eigenvalue weighted by atomic mass is 16.2. The average molecular weight is 412 g/mol. The first kappa shape index (κ1) is 20.8. The number of amides is 1. The number of carbonyl (C=O) groups is 2. The second-order valence-electron chi connectivity index (χ2n) is 8.78. The first-order valence-corrected chi connectivity index (χ1v) is 11.2. The molecule has 4 rings (SSSR count). The molecule has 1 atom stereocenters. The zero-order valence-corrected chi connectivity index (χ0v) is 17.9. The van der Waals surface area contributed by atoms with Crippen LogP contribution in [-0.2, 0) is 9.59 Å². The highest BCUT2D eigenvalue weighted by Gasteiger charge is 2.31. The minimum Gasteiger partial charge on any atom is -0.366 e. The van der Waals surface area contributed by atoms with Crippen molar-refractivity contribution in [3.63, 3.8) is 0 Å². The van der Waals surface area contributed by atoms with Gasteiger partial charge in [-0.3, -0.25) is 9.59 Å². The van der Waals surface area contributed by atoms with E-state index in [0.29, 0.717) is 25.4 Å². The van der Waals surface area contributed by atoms with E-state index in [9.17, 15) is 9.59 Å². The lowest BCUT2D eigenvalue weighted by molar-refractivity contribution is -0.128. The Bertz CT molecular complexity index is 803. The number of para-hydroxylation sites is 2. The van der Waals surface area contributed by atoms with Gasteiger partial charge in [0.25, 0.3) is 0 Å². The van der Waals surface area contributed by atoms with Crippen molar-refractivity contribution in [2.75, 3.05) is 43.1 Å². The number of fused-ring (bicyclic) bond motifs is 1. The van der Waals surface area contributed by atoms with E-state index in [1.807, 2.05) is 0 Å². The fraction of sp³-hybridized carbons (Fsp3) is 0.609. The van der Waals surface area contributed by atoms with E-state index in [-0.39, 0.29) is 29.9 Å². The topological polar surface area (TPSA) is 79.7 Å². The molecule has 1 aromatic carbocycles. The van der Waals surface area contributed by atoms with Gasteiger partial charge in [-0.25, -0.2) is 0 Å². The summed E-state index contributed by atoms with van der Waals surface area (Å²) < 4.78 is 0. The normalized spacial score (nSPS) is 20.9. The molecule has 2 N–H and O–H groups in total. The summed E-state index contributed by atoms with van der Waals surface area (Å²) in [6.45, 7) is 6.20. The van der Waals surface area contributed by atoms with Gasteiger partial charge < -0.3 is 25.4 Å². The standard InChI is InChI=1S/C23H33N5O2/c1-17(15-19(24)22(29)10-14-27-11-4-7-23(27)30)26-12-8-18(9-13-26)28-16-25-20-5-2-3-6-21(20)28/h2-3,5-6,17-18,24-25H,4,7-16H2,1H3/t17-/m0/s1. The minimum absolute atomic E-state index is 0.115. The maximum atomic E-state index is 12.4. The predicted molar refractivity (Wildman–Crippen MR) is 119 cm³/mol. The van der Waals surface area contributed by atoms with Crippen LogP contribution >= 0.6 is 0 Å². The molecule has 0 aliphatic carbocycles. The number of rotatable bonds is 8. The van der Waals surface area contributed by atoms with Gasteiger partial charge in [-0.1, -0.05) is 12.1 Å². The van der Waals surface area contributed by atoms with Crippen LogP contribution in [0, 0.1) is 5.41 Å². The SMILES string of the molecule is C[C@@H](CC(=N)C(=O)CCN1CCCC1=O)N1CCC(N2CNc3ccccc32)CC1. The van der Waals surface area contributed by atoms with Crippen molar-refractivity contribution in [2.45, 2.75) is 57.5 Å². The molecule has 2 saturated heterocycles. The minimum atomic E-state index is -0.115. The van der Waals surface area contributed by atoms with E-state index >= 15 is 0 Å². The molecule has 3 heterocycles. The molecule has 0 spiro atoms. The van der Waals surface area contributed by atoms with Gasteiger partial charge in [0.15, 0.2) is 5.78 Å². The fourth-order valence-electron chi connectivity index (χ4n) is 4.96. The predicted octanol–water partition coefficient (Wildman–Crippen LogP) is 2.72. The monoisotopic (exact) mass is 411 g/mol.